The maximum atomic E-state index is 10.8. The summed E-state index contributed by atoms with van der Waals surface area (Å²) in [5.41, 5.74) is 0.979. The highest BCUT2D eigenvalue weighted by Gasteiger charge is 2.33. The molecule has 0 spiro atoms. The zero-order chi connectivity index (χ0) is 10.9. The van der Waals surface area contributed by atoms with Gasteiger partial charge in [0, 0.05) is 5.56 Å². The van der Waals surface area contributed by atoms with Crippen LogP contribution in [0.5, 0.6) is 0 Å². The summed E-state index contributed by atoms with van der Waals surface area (Å²) in [4.78, 5) is 10.8. The van der Waals surface area contributed by atoms with E-state index in [0.29, 0.717) is 13.2 Å². The lowest BCUT2D eigenvalue weighted by Crippen LogP contribution is -2.22. The van der Waals surface area contributed by atoms with E-state index in [2.05, 4.69) is 0 Å². The largest absolute Gasteiger partial charge is 0.478 e. The minimum absolute atomic E-state index is 0.243. The first-order valence-electron chi connectivity index (χ1n) is 4.73. The van der Waals surface area contributed by atoms with Crippen LogP contribution in [0, 0.1) is 0 Å². The van der Waals surface area contributed by atoms with E-state index in [1.54, 1.807) is 31.2 Å². The van der Waals surface area contributed by atoms with Gasteiger partial charge in [-0.1, -0.05) is 12.1 Å². The van der Waals surface area contributed by atoms with E-state index in [9.17, 15) is 4.79 Å². The van der Waals surface area contributed by atoms with Gasteiger partial charge >= 0.3 is 5.97 Å². The molecule has 0 radical (unpaired) electrons. The standard InChI is InChI=1S/C11H12O4/c1-11(14-5-6-15-11)9-4-2-3-8(7-9)10(12)13/h2-4,7H,5-6H2,1H3,(H,12,13). The maximum absolute atomic E-state index is 10.8. The van der Waals surface area contributed by atoms with E-state index < -0.39 is 11.8 Å². The van der Waals surface area contributed by atoms with Crippen molar-refractivity contribution in [1.82, 2.24) is 0 Å². The van der Waals surface area contributed by atoms with Crippen LogP contribution in [0.4, 0.5) is 0 Å². The highest BCUT2D eigenvalue weighted by molar-refractivity contribution is 5.87. The van der Waals surface area contributed by atoms with Gasteiger partial charge in [0.15, 0.2) is 5.79 Å². The van der Waals surface area contributed by atoms with Gasteiger partial charge < -0.3 is 14.6 Å². The average Bonchev–Trinajstić information content (AvgIpc) is 2.67. The van der Waals surface area contributed by atoms with Crippen LogP contribution >= 0.6 is 0 Å². The summed E-state index contributed by atoms with van der Waals surface area (Å²) >= 11 is 0. The molecule has 0 aliphatic carbocycles. The smallest absolute Gasteiger partial charge is 0.335 e. The first-order chi connectivity index (χ1) is 7.12. The summed E-state index contributed by atoms with van der Waals surface area (Å²) in [5.74, 6) is -1.75. The molecule has 1 aromatic carbocycles. The van der Waals surface area contributed by atoms with E-state index in [1.807, 2.05) is 0 Å². The van der Waals surface area contributed by atoms with Crippen LogP contribution in [0.2, 0.25) is 0 Å². The fourth-order valence-electron chi connectivity index (χ4n) is 1.62. The van der Waals surface area contributed by atoms with Crippen LogP contribution in [0.25, 0.3) is 0 Å². The van der Waals surface area contributed by atoms with Crippen molar-refractivity contribution in [2.75, 3.05) is 13.2 Å². The van der Waals surface area contributed by atoms with Gasteiger partial charge in [0.1, 0.15) is 0 Å². The summed E-state index contributed by atoms with van der Waals surface area (Å²) in [7, 11) is 0. The molecule has 1 aliphatic rings. The fraction of sp³-hybridized carbons (Fsp3) is 0.364. The number of hydrogen-bond donors (Lipinski definition) is 1. The van der Waals surface area contributed by atoms with Crippen LogP contribution in [0.15, 0.2) is 24.3 Å². The molecule has 0 saturated carbocycles. The van der Waals surface area contributed by atoms with Gasteiger partial charge in [0.05, 0.1) is 18.8 Å². The zero-order valence-electron chi connectivity index (χ0n) is 8.40. The molecule has 0 aromatic heterocycles. The van der Waals surface area contributed by atoms with Crippen LogP contribution in [0.3, 0.4) is 0 Å². The van der Waals surface area contributed by atoms with Gasteiger partial charge in [0.2, 0.25) is 0 Å². The number of rotatable bonds is 2. The topological polar surface area (TPSA) is 55.8 Å². The zero-order valence-corrected chi connectivity index (χ0v) is 8.40. The lowest BCUT2D eigenvalue weighted by molar-refractivity contribution is -0.149. The molecular weight excluding hydrogens is 196 g/mol. The Kier molecular flexibility index (Phi) is 2.46. The Bertz CT molecular complexity index is 380. The van der Waals surface area contributed by atoms with Crippen molar-refractivity contribution in [3.05, 3.63) is 35.4 Å². The molecule has 2 rings (SSSR count). The van der Waals surface area contributed by atoms with Crippen molar-refractivity contribution in [1.29, 1.82) is 0 Å². The number of carbonyl (C=O) groups is 1. The maximum Gasteiger partial charge on any atom is 0.335 e. The molecule has 1 heterocycles. The Balaban J connectivity index is 2.36. The number of ether oxygens (including phenoxy) is 2. The van der Waals surface area contributed by atoms with E-state index >= 15 is 0 Å². The van der Waals surface area contributed by atoms with Crippen molar-refractivity contribution >= 4 is 5.97 Å². The number of carboxylic acid groups (broad SMARTS) is 1. The van der Waals surface area contributed by atoms with Gasteiger partial charge in [0.25, 0.3) is 0 Å². The van der Waals surface area contributed by atoms with Crippen LogP contribution < -0.4 is 0 Å². The third-order valence-corrected chi connectivity index (χ3v) is 2.47. The highest BCUT2D eigenvalue weighted by atomic mass is 16.7. The second kappa shape index (κ2) is 3.64. The van der Waals surface area contributed by atoms with Crippen molar-refractivity contribution in [3.8, 4) is 0 Å². The molecule has 0 bridgehead atoms. The van der Waals surface area contributed by atoms with Gasteiger partial charge in [-0.15, -0.1) is 0 Å². The Labute approximate surface area is 87.4 Å². The number of carboxylic acids is 1. The summed E-state index contributed by atoms with van der Waals surface area (Å²) < 4.78 is 10.9. The lowest BCUT2D eigenvalue weighted by Gasteiger charge is -2.22. The second-order valence-electron chi connectivity index (χ2n) is 3.53. The van der Waals surface area contributed by atoms with Gasteiger partial charge in [-0.3, -0.25) is 0 Å². The minimum Gasteiger partial charge on any atom is -0.478 e. The molecule has 1 aromatic rings. The monoisotopic (exact) mass is 208 g/mol. The average molecular weight is 208 g/mol. The fourth-order valence-corrected chi connectivity index (χ4v) is 1.62. The van der Waals surface area contributed by atoms with Crippen molar-refractivity contribution in [2.45, 2.75) is 12.7 Å². The lowest BCUT2D eigenvalue weighted by atomic mass is 10.0. The molecule has 4 nitrogen and oxygen atoms in total. The highest BCUT2D eigenvalue weighted by Crippen LogP contribution is 2.30. The quantitative estimate of drug-likeness (QED) is 0.802. The predicted octanol–water partition coefficient (Wildman–Crippen LogP) is 1.60. The molecule has 4 heteroatoms. The molecule has 0 unspecified atom stereocenters. The Hall–Kier alpha value is -1.39. The Morgan fingerprint density at radius 3 is 2.67 bits per heavy atom. The van der Waals surface area contributed by atoms with E-state index in [0.717, 1.165) is 5.56 Å². The first-order valence-corrected chi connectivity index (χ1v) is 4.73. The van der Waals surface area contributed by atoms with E-state index in [1.165, 1.54) is 0 Å². The molecule has 0 amide bonds. The van der Waals surface area contributed by atoms with Gasteiger partial charge in [-0.25, -0.2) is 4.79 Å². The summed E-state index contributed by atoms with van der Waals surface area (Å²) in [6.45, 7) is 2.86. The van der Waals surface area contributed by atoms with Crippen LogP contribution in [-0.4, -0.2) is 24.3 Å². The molecule has 0 atom stereocenters. The van der Waals surface area contributed by atoms with Gasteiger partial charge in [-0.2, -0.15) is 0 Å². The third-order valence-electron chi connectivity index (χ3n) is 2.47. The summed E-state index contributed by atoms with van der Waals surface area (Å²) in [6, 6.07) is 6.62. The molecule has 1 saturated heterocycles. The molecule has 15 heavy (non-hydrogen) atoms. The molecule has 1 N–H and O–H groups in total. The molecule has 1 fully saturated rings. The SMILES string of the molecule is CC1(c2cccc(C(=O)O)c2)OCCO1. The molecule has 80 valence electrons. The Morgan fingerprint density at radius 2 is 2.07 bits per heavy atom. The predicted molar refractivity (Wildman–Crippen MR) is 52.7 cm³/mol. The summed E-state index contributed by atoms with van der Waals surface area (Å²) in [6.07, 6.45) is 0. The minimum atomic E-state index is -0.946. The number of benzene rings is 1. The number of aromatic carboxylic acids is 1. The van der Waals surface area contributed by atoms with Crippen molar-refractivity contribution in [3.63, 3.8) is 0 Å². The van der Waals surface area contributed by atoms with Gasteiger partial charge in [-0.05, 0) is 19.1 Å². The first kappa shape index (κ1) is 10.1. The van der Waals surface area contributed by atoms with E-state index in [4.69, 9.17) is 14.6 Å². The molecular formula is C11H12O4. The summed E-state index contributed by atoms with van der Waals surface area (Å²) in [5, 5.41) is 8.85. The molecule has 1 aliphatic heterocycles. The van der Waals surface area contributed by atoms with Crippen molar-refractivity contribution in [2.24, 2.45) is 0 Å². The Morgan fingerprint density at radius 1 is 1.40 bits per heavy atom. The third kappa shape index (κ3) is 1.86. The number of hydrogen-bond acceptors (Lipinski definition) is 3. The second-order valence-corrected chi connectivity index (χ2v) is 3.53. The van der Waals surface area contributed by atoms with Crippen LogP contribution in [0.1, 0.15) is 22.8 Å². The normalized spacial score (nSPS) is 19.0. The van der Waals surface area contributed by atoms with Crippen LogP contribution in [-0.2, 0) is 15.3 Å². The van der Waals surface area contributed by atoms with Crippen molar-refractivity contribution < 1.29 is 19.4 Å². The van der Waals surface area contributed by atoms with E-state index in [-0.39, 0.29) is 5.56 Å².